The molecule has 0 radical (unpaired) electrons. The molecule has 0 bridgehead atoms. The molecule has 0 saturated heterocycles. The number of carbonyl (C=O) groups is 1. The molecule has 0 unspecified atom stereocenters. The van der Waals surface area contributed by atoms with Gasteiger partial charge in [0.25, 0.3) is 15.9 Å². The summed E-state index contributed by atoms with van der Waals surface area (Å²) < 4.78 is 32.1. The normalized spacial score (nSPS) is 11.0. The summed E-state index contributed by atoms with van der Waals surface area (Å²) in [6.45, 7) is 1.63. The van der Waals surface area contributed by atoms with Gasteiger partial charge in [-0.15, -0.1) is 0 Å². The highest BCUT2D eigenvalue weighted by Gasteiger charge is 2.20. The molecule has 3 aromatic carbocycles. The third-order valence-electron chi connectivity index (χ3n) is 4.51. The number of benzene rings is 3. The van der Waals surface area contributed by atoms with E-state index in [0.29, 0.717) is 22.1 Å². The number of hydrogen-bond donors (Lipinski definition) is 1. The van der Waals surface area contributed by atoms with E-state index in [-0.39, 0.29) is 17.4 Å². The second-order valence-corrected chi connectivity index (χ2v) is 8.91. The van der Waals surface area contributed by atoms with Crippen molar-refractivity contribution in [1.82, 2.24) is 0 Å². The predicted octanol–water partition coefficient (Wildman–Crippen LogP) is 4.49. The van der Waals surface area contributed by atoms with E-state index in [1.54, 1.807) is 72.8 Å². The Morgan fingerprint density at radius 1 is 1.00 bits per heavy atom. The van der Waals surface area contributed by atoms with Gasteiger partial charge < -0.3 is 10.1 Å². The average Bonchev–Trinajstić information content (AvgIpc) is 2.76. The van der Waals surface area contributed by atoms with Gasteiger partial charge in [0.1, 0.15) is 5.75 Å². The van der Waals surface area contributed by atoms with Gasteiger partial charge in [-0.25, -0.2) is 8.42 Å². The number of carbonyl (C=O) groups excluding carboxylic acids is 1. The van der Waals surface area contributed by atoms with Crippen LogP contribution in [0.5, 0.6) is 5.75 Å². The number of anilines is 2. The van der Waals surface area contributed by atoms with Gasteiger partial charge in [0.15, 0.2) is 6.61 Å². The number of hydrogen-bond acceptors (Lipinski definition) is 4. The predicted molar refractivity (Wildman–Crippen MR) is 119 cm³/mol. The second kappa shape index (κ2) is 9.19. The third-order valence-corrected chi connectivity index (χ3v) is 6.72. The molecule has 3 aromatic rings. The van der Waals surface area contributed by atoms with Crippen LogP contribution in [-0.4, -0.2) is 28.0 Å². The summed E-state index contributed by atoms with van der Waals surface area (Å²) in [5.41, 5.74) is 1.88. The molecule has 0 fully saturated rings. The summed E-state index contributed by atoms with van der Waals surface area (Å²) in [6, 6.07) is 19.9. The molecule has 6 nitrogen and oxygen atoms in total. The Kier molecular flexibility index (Phi) is 6.64. The number of rotatable bonds is 7. The first kappa shape index (κ1) is 21.7. The Bertz CT molecular complexity index is 1130. The number of amides is 1. The molecule has 156 valence electrons. The highest BCUT2D eigenvalue weighted by molar-refractivity contribution is 7.92. The van der Waals surface area contributed by atoms with E-state index in [2.05, 4.69) is 5.32 Å². The van der Waals surface area contributed by atoms with Gasteiger partial charge in [-0.3, -0.25) is 9.10 Å². The zero-order valence-corrected chi connectivity index (χ0v) is 18.1. The van der Waals surface area contributed by atoms with Crippen LogP contribution in [0.4, 0.5) is 11.4 Å². The van der Waals surface area contributed by atoms with Crippen molar-refractivity contribution in [3.8, 4) is 5.75 Å². The largest absolute Gasteiger partial charge is 0.484 e. The smallest absolute Gasteiger partial charge is 0.264 e. The van der Waals surface area contributed by atoms with Crippen molar-refractivity contribution in [3.63, 3.8) is 0 Å². The van der Waals surface area contributed by atoms with Crippen LogP contribution < -0.4 is 14.4 Å². The summed E-state index contributed by atoms with van der Waals surface area (Å²) in [4.78, 5) is 12.4. The van der Waals surface area contributed by atoms with Crippen molar-refractivity contribution in [3.05, 3.63) is 83.4 Å². The Labute approximate surface area is 181 Å². The molecule has 0 aliphatic rings. The Morgan fingerprint density at radius 3 is 2.33 bits per heavy atom. The van der Waals surface area contributed by atoms with Crippen molar-refractivity contribution in [2.75, 3.05) is 23.3 Å². The molecule has 8 heteroatoms. The summed E-state index contributed by atoms with van der Waals surface area (Å²) >= 11 is 6.05. The lowest BCUT2D eigenvalue weighted by Gasteiger charge is -2.19. The Hall–Kier alpha value is -3.03. The number of nitrogens with zero attached hydrogens (tertiary/aromatic N) is 1. The minimum Gasteiger partial charge on any atom is -0.484 e. The van der Waals surface area contributed by atoms with Crippen molar-refractivity contribution in [2.24, 2.45) is 0 Å². The quantitative estimate of drug-likeness (QED) is 0.582. The van der Waals surface area contributed by atoms with Crippen LogP contribution >= 0.6 is 11.6 Å². The second-order valence-electron chi connectivity index (χ2n) is 6.53. The van der Waals surface area contributed by atoms with Gasteiger partial charge in [-0.1, -0.05) is 35.9 Å². The fraction of sp³-hybridized carbons (Fsp3) is 0.136. The molecule has 0 aromatic heterocycles. The van der Waals surface area contributed by atoms with E-state index in [4.69, 9.17) is 16.3 Å². The van der Waals surface area contributed by atoms with Gasteiger partial charge in [0.05, 0.1) is 10.6 Å². The van der Waals surface area contributed by atoms with E-state index < -0.39 is 10.0 Å². The molecule has 3 rings (SSSR count). The molecule has 0 aliphatic heterocycles. The number of sulfonamides is 1. The van der Waals surface area contributed by atoms with Crippen molar-refractivity contribution < 1.29 is 17.9 Å². The zero-order valence-electron chi connectivity index (χ0n) is 16.5. The first-order valence-corrected chi connectivity index (χ1v) is 10.9. The lowest BCUT2D eigenvalue weighted by atomic mass is 10.2. The Balaban J connectivity index is 1.62. The number of halogens is 1. The molecule has 0 heterocycles. The fourth-order valence-electron chi connectivity index (χ4n) is 2.72. The maximum Gasteiger partial charge on any atom is 0.264 e. The molecular formula is C22H21ClN2O4S. The van der Waals surface area contributed by atoms with Crippen LogP contribution in [0.15, 0.2) is 77.7 Å². The topological polar surface area (TPSA) is 75.7 Å². The van der Waals surface area contributed by atoms with Gasteiger partial charge in [-0.2, -0.15) is 0 Å². The van der Waals surface area contributed by atoms with Crippen LogP contribution in [-0.2, 0) is 14.8 Å². The first-order chi connectivity index (χ1) is 14.3. The van der Waals surface area contributed by atoms with Crippen molar-refractivity contribution >= 4 is 38.9 Å². The van der Waals surface area contributed by atoms with Gasteiger partial charge in [0.2, 0.25) is 0 Å². The minimum absolute atomic E-state index is 0.191. The molecule has 0 aliphatic carbocycles. The lowest BCUT2D eigenvalue weighted by Crippen LogP contribution is -2.26. The monoisotopic (exact) mass is 444 g/mol. The fourth-order valence-corrected chi connectivity index (χ4v) is 4.11. The van der Waals surface area contributed by atoms with E-state index >= 15 is 0 Å². The van der Waals surface area contributed by atoms with Crippen LogP contribution in [0.2, 0.25) is 5.02 Å². The van der Waals surface area contributed by atoms with E-state index in [1.807, 2.05) is 6.92 Å². The maximum atomic E-state index is 12.7. The molecule has 1 amide bonds. The highest BCUT2D eigenvalue weighted by Crippen LogP contribution is 2.25. The van der Waals surface area contributed by atoms with Crippen molar-refractivity contribution in [1.29, 1.82) is 0 Å². The van der Waals surface area contributed by atoms with Crippen LogP contribution in [0, 0.1) is 6.92 Å². The van der Waals surface area contributed by atoms with E-state index in [0.717, 1.165) is 5.56 Å². The van der Waals surface area contributed by atoms with Gasteiger partial charge in [0, 0.05) is 17.8 Å². The van der Waals surface area contributed by atoms with E-state index in [9.17, 15) is 13.2 Å². The van der Waals surface area contributed by atoms with Crippen LogP contribution in [0.1, 0.15) is 5.56 Å². The zero-order chi connectivity index (χ0) is 21.7. The van der Waals surface area contributed by atoms with Gasteiger partial charge in [-0.05, 0) is 61.0 Å². The first-order valence-electron chi connectivity index (χ1n) is 9.11. The standard InChI is InChI=1S/C22H21ClN2O4S/c1-16-20(23)9-6-10-21(16)24-22(26)15-29-18-13-11-17(12-14-18)25(2)30(27,28)19-7-4-3-5-8-19/h3-14H,15H2,1-2H3,(H,24,26). The molecule has 0 saturated carbocycles. The number of nitrogens with one attached hydrogen (secondary N) is 1. The average molecular weight is 445 g/mol. The summed E-state index contributed by atoms with van der Waals surface area (Å²) in [6.07, 6.45) is 0. The molecule has 0 atom stereocenters. The number of ether oxygens (including phenoxy) is 1. The van der Waals surface area contributed by atoms with Crippen LogP contribution in [0.25, 0.3) is 0 Å². The molecular weight excluding hydrogens is 424 g/mol. The van der Waals surface area contributed by atoms with E-state index in [1.165, 1.54) is 11.4 Å². The molecule has 1 N–H and O–H groups in total. The summed E-state index contributed by atoms with van der Waals surface area (Å²) in [7, 11) is -2.17. The summed E-state index contributed by atoms with van der Waals surface area (Å²) in [5, 5.41) is 3.32. The SMILES string of the molecule is Cc1c(Cl)cccc1NC(=O)COc1ccc(N(C)S(=O)(=O)c2ccccc2)cc1. The minimum atomic E-state index is -3.66. The molecule has 0 spiro atoms. The maximum absolute atomic E-state index is 12.7. The van der Waals surface area contributed by atoms with Crippen LogP contribution in [0.3, 0.4) is 0 Å². The molecule has 30 heavy (non-hydrogen) atoms. The van der Waals surface area contributed by atoms with Crippen molar-refractivity contribution in [2.45, 2.75) is 11.8 Å². The highest BCUT2D eigenvalue weighted by atomic mass is 35.5. The van der Waals surface area contributed by atoms with Gasteiger partial charge >= 0.3 is 0 Å². The lowest BCUT2D eigenvalue weighted by molar-refractivity contribution is -0.118. The third kappa shape index (κ3) is 4.93. The Morgan fingerprint density at radius 2 is 1.67 bits per heavy atom. The summed E-state index contributed by atoms with van der Waals surface area (Å²) in [5.74, 6) is 0.121.